The van der Waals surface area contributed by atoms with Crippen LogP contribution in [-0.2, 0) is 15.6 Å². The Morgan fingerprint density at radius 1 is 0.909 bits per heavy atom. The second-order valence-electron chi connectivity index (χ2n) is 7.24. The highest BCUT2D eigenvalue weighted by Crippen LogP contribution is 2.33. The van der Waals surface area contributed by atoms with Gasteiger partial charge in [0, 0.05) is 5.56 Å². The smallest absolute Gasteiger partial charge is 0.323 e. The van der Waals surface area contributed by atoms with Crippen LogP contribution in [0.3, 0.4) is 0 Å². The average molecular weight is 479 g/mol. The van der Waals surface area contributed by atoms with Crippen LogP contribution in [0.1, 0.15) is 5.56 Å². The van der Waals surface area contributed by atoms with Crippen molar-refractivity contribution in [3.8, 4) is 16.9 Å². The lowest BCUT2D eigenvalue weighted by atomic mass is 10.1. The Labute approximate surface area is 196 Å². The van der Waals surface area contributed by atoms with Gasteiger partial charge >= 0.3 is 6.03 Å². The number of amides is 2. The van der Waals surface area contributed by atoms with Crippen molar-refractivity contribution < 1.29 is 17.9 Å². The Morgan fingerprint density at radius 2 is 1.64 bits per heavy atom. The number of rotatable bonds is 7. The summed E-state index contributed by atoms with van der Waals surface area (Å²) in [6.45, 7) is 0. The number of ether oxygens (including phenoxy) is 1. The maximum Gasteiger partial charge on any atom is 0.323 e. The Balaban J connectivity index is 1.65. The van der Waals surface area contributed by atoms with Gasteiger partial charge in [0.05, 0.1) is 29.1 Å². The van der Waals surface area contributed by atoms with Crippen molar-refractivity contribution in [3.05, 3.63) is 95.2 Å². The van der Waals surface area contributed by atoms with E-state index in [0.29, 0.717) is 22.7 Å². The van der Waals surface area contributed by atoms with Crippen molar-refractivity contribution in [2.24, 2.45) is 0 Å². The van der Waals surface area contributed by atoms with E-state index in [4.69, 9.17) is 4.74 Å². The van der Waals surface area contributed by atoms with E-state index < -0.39 is 15.9 Å². The monoisotopic (exact) mass is 478 g/mol. The third-order valence-electron chi connectivity index (χ3n) is 4.99. The molecule has 2 amide bonds. The van der Waals surface area contributed by atoms with Crippen molar-refractivity contribution >= 4 is 38.6 Å². The van der Waals surface area contributed by atoms with E-state index in [0.717, 1.165) is 11.1 Å². The molecule has 1 aromatic heterocycles. The summed E-state index contributed by atoms with van der Waals surface area (Å²) in [6, 6.07) is 22.3. The maximum absolute atomic E-state index is 13.1. The van der Waals surface area contributed by atoms with E-state index in [-0.39, 0.29) is 10.6 Å². The molecule has 3 aromatic carbocycles. The van der Waals surface area contributed by atoms with Crippen molar-refractivity contribution in [2.75, 3.05) is 17.7 Å². The minimum absolute atomic E-state index is 0.126. The molecule has 4 rings (SSSR count). The normalized spacial score (nSPS) is 11.1. The molecule has 0 aliphatic rings. The summed E-state index contributed by atoms with van der Waals surface area (Å²) in [4.78, 5) is 12.9. The first-order valence-corrected chi connectivity index (χ1v) is 12.7. The van der Waals surface area contributed by atoms with Crippen molar-refractivity contribution in [1.29, 1.82) is 0 Å². The first-order chi connectivity index (χ1) is 16.0. The van der Waals surface area contributed by atoms with Gasteiger partial charge < -0.3 is 15.4 Å². The van der Waals surface area contributed by atoms with Gasteiger partial charge in [-0.05, 0) is 52.2 Å². The fourth-order valence-electron chi connectivity index (χ4n) is 3.39. The van der Waals surface area contributed by atoms with Crippen LogP contribution < -0.4 is 15.4 Å². The Morgan fingerprint density at radius 3 is 2.36 bits per heavy atom. The summed E-state index contributed by atoms with van der Waals surface area (Å²) in [5, 5.41) is 9.43. The van der Waals surface area contributed by atoms with Gasteiger partial charge in [-0.15, -0.1) is 0 Å². The molecule has 8 heteroatoms. The summed E-state index contributed by atoms with van der Waals surface area (Å²) in [5.74, 6) is 0.392. The van der Waals surface area contributed by atoms with Crippen LogP contribution in [0.15, 0.2) is 94.5 Å². The molecule has 168 valence electrons. The van der Waals surface area contributed by atoms with Gasteiger partial charge in [-0.25, -0.2) is 13.2 Å². The van der Waals surface area contributed by atoms with Crippen LogP contribution in [0.5, 0.6) is 5.75 Å². The average Bonchev–Trinajstić information content (AvgIpc) is 3.34. The molecular formula is C25H22N2O4S2. The van der Waals surface area contributed by atoms with Crippen LogP contribution in [0, 0.1) is 0 Å². The van der Waals surface area contributed by atoms with Crippen LogP contribution >= 0.6 is 11.3 Å². The molecule has 33 heavy (non-hydrogen) atoms. The van der Waals surface area contributed by atoms with Crippen LogP contribution in [0.4, 0.5) is 16.2 Å². The number of benzene rings is 3. The Hall–Kier alpha value is -3.62. The molecule has 0 spiro atoms. The second-order valence-corrected chi connectivity index (χ2v) is 10.0. The van der Waals surface area contributed by atoms with E-state index in [1.165, 1.54) is 24.5 Å². The van der Waals surface area contributed by atoms with Gasteiger partial charge in [-0.3, -0.25) is 0 Å². The highest BCUT2D eigenvalue weighted by molar-refractivity contribution is 7.90. The first kappa shape index (κ1) is 22.6. The van der Waals surface area contributed by atoms with E-state index in [9.17, 15) is 13.2 Å². The van der Waals surface area contributed by atoms with E-state index in [2.05, 4.69) is 10.6 Å². The number of anilines is 2. The minimum Gasteiger partial charge on any atom is -0.495 e. The lowest BCUT2D eigenvalue weighted by molar-refractivity contribution is 0.262. The van der Waals surface area contributed by atoms with Crippen LogP contribution in [-0.4, -0.2) is 21.6 Å². The predicted octanol–water partition coefficient (Wildman–Crippen LogP) is 6.04. The second kappa shape index (κ2) is 9.89. The van der Waals surface area contributed by atoms with Crippen LogP contribution in [0.25, 0.3) is 11.1 Å². The molecule has 0 radical (unpaired) electrons. The highest BCUT2D eigenvalue weighted by atomic mass is 32.2. The zero-order valence-corrected chi connectivity index (χ0v) is 19.4. The number of hydrogen-bond acceptors (Lipinski definition) is 5. The van der Waals surface area contributed by atoms with Gasteiger partial charge in [0.15, 0.2) is 9.84 Å². The molecule has 0 bridgehead atoms. The zero-order chi connectivity index (χ0) is 23.3. The lowest BCUT2D eigenvalue weighted by Gasteiger charge is -2.15. The molecule has 1 heterocycles. The largest absolute Gasteiger partial charge is 0.495 e. The van der Waals surface area contributed by atoms with Gasteiger partial charge in [0.2, 0.25) is 0 Å². The molecule has 0 saturated heterocycles. The number of carbonyl (C=O) groups excluding carboxylic acids is 1. The first-order valence-electron chi connectivity index (χ1n) is 10.1. The molecule has 0 aliphatic heterocycles. The number of urea groups is 1. The highest BCUT2D eigenvalue weighted by Gasteiger charge is 2.19. The molecular weight excluding hydrogens is 456 g/mol. The number of hydrogen-bond donors (Lipinski definition) is 2. The Bertz CT molecular complexity index is 1350. The summed E-state index contributed by atoms with van der Waals surface area (Å²) >= 11 is 1.52. The summed E-state index contributed by atoms with van der Waals surface area (Å²) in [5.41, 5.74) is 3.21. The van der Waals surface area contributed by atoms with Crippen molar-refractivity contribution in [3.63, 3.8) is 0 Å². The number of carbonyl (C=O) groups is 1. The van der Waals surface area contributed by atoms with Gasteiger partial charge in [0.25, 0.3) is 0 Å². The van der Waals surface area contributed by atoms with Crippen LogP contribution in [0.2, 0.25) is 0 Å². The fraction of sp³-hybridized carbons (Fsp3) is 0.0800. The molecule has 0 atom stereocenters. The number of methoxy groups -OCH3 is 1. The van der Waals surface area contributed by atoms with Gasteiger partial charge in [-0.2, -0.15) is 11.3 Å². The summed E-state index contributed by atoms with van der Waals surface area (Å²) in [6.07, 6.45) is 0. The van der Waals surface area contributed by atoms with Crippen molar-refractivity contribution in [1.82, 2.24) is 0 Å². The quantitative estimate of drug-likeness (QED) is 0.339. The fourth-order valence-corrected chi connectivity index (χ4v) is 5.42. The lowest BCUT2D eigenvalue weighted by Crippen LogP contribution is -2.20. The predicted molar refractivity (Wildman–Crippen MR) is 133 cm³/mol. The molecule has 4 aromatic rings. The third-order valence-corrected chi connectivity index (χ3v) is 7.35. The molecule has 6 nitrogen and oxygen atoms in total. The SMILES string of the molecule is COc1ccccc1NC(=O)Nc1cc(S(=O)(=O)Cc2ccccc2)ccc1-c1ccsc1. The third kappa shape index (κ3) is 5.42. The summed E-state index contributed by atoms with van der Waals surface area (Å²) in [7, 11) is -2.09. The van der Waals surface area contributed by atoms with Crippen molar-refractivity contribution in [2.45, 2.75) is 10.6 Å². The van der Waals surface area contributed by atoms with Gasteiger partial charge in [-0.1, -0.05) is 48.5 Å². The number of sulfone groups is 1. The number of nitrogens with one attached hydrogen (secondary N) is 2. The van der Waals surface area contributed by atoms with E-state index >= 15 is 0 Å². The number of thiophene rings is 1. The molecule has 0 saturated carbocycles. The number of para-hydroxylation sites is 2. The topological polar surface area (TPSA) is 84.5 Å². The minimum atomic E-state index is -3.62. The molecule has 0 fully saturated rings. The zero-order valence-electron chi connectivity index (χ0n) is 17.8. The van der Waals surface area contributed by atoms with Gasteiger partial charge in [0.1, 0.15) is 5.75 Å². The molecule has 2 N–H and O–H groups in total. The molecule has 0 aliphatic carbocycles. The summed E-state index contributed by atoms with van der Waals surface area (Å²) < 4.78 is 31.4. The Kier molecular flexibility index (Phi) is 6.76. The molecule has 0 unspecified atom stereocenters. The maximum atomic E-state index is 13.1. The van der Waals surface area contributed by atoms with E-state index in [1.807, 2.05) is 22.9 Å². The standard InChI is InChI=1S/C25H22N2O4S2/c1-31-24-10-6-5-9-22(24)26-25(28)27-23-15-20(11-12-21(23)19-13-14-32-16-19)33(29,30)17-18-7-3-2-4-8-18/h2-16H,17H2,1H3,(H2,26,27,28). The van der Waals surface area contributed by atoms with E-state index in [1.54, 1.807) is 60.7 Å².